The summed E-state index contributed by atoms with van der Waals surface area (Å²) in [4.78, 5) is 0. The molecular weight excluding hydrogens is 282 g/mol. The average Bonchev–Trinajstić information content (AvgIpc) is 2.52. The lowest BCUT2D eigenvalue weighted by molar-refractivity contribution is -0.861. The van der Waals surface area contributed by atoms with Gasteiger partial charge in [0.05, 0.1) is 20.1 Å². The van der Waals surface area contributed by atoms with Gasteiger partial charge in [0.15, 0.2) is 0 Å². The van der Waals surface area contributed by atoms with Crippen LogP contribution in [0, 0.1) is 5.21 Å². The Hall–Kier alpha value is -0.0800. The summed E-state index contributed by atoms with van der Waals surface area (Å²) in [6, 6.07) is 0. The van der Waals surface area contributed by atoms with Crippen LogP contribution in [-0.2, 0) is 0 Å². The number of hydrogen-bond acceptors (Lipinski definition) is 1. The van der Waals surface area contributed by atoms with Gasteiger partial charge in [-0.2, -0.15) is 0 Å². The lowest BCUT2D eigenvalue weighted by atomic mass is 10.1. The highest BCUT2D eigenvalue weighted by atomic mass is 16.5. The summed E-state index contributed by atoms with van der Waals surface area (Å²) in [5.41, 5.74) is 0. The van der Waals surface area contributed by atoms with E-state index in [0.29, 0.717) is 0 Å². The summed E-state index contributed by atoms with van der Waals surface area (Å²) >= 11 is 0. The Morgan fingerprint density at radius 1 is 0.478 bits per heavy atom. The summed E-state index contributed by atoms with van der Waals surface area (Å²) in [7, 11) is 1.87. The highest BCUT2D eigenvalue weighted by Crippen LogP contribution is 2.13. The Morgan fingerprint density at radius 2 is 0.739 bits per heavy atom. The van der Waals surface area contributed by atoms with Gasteiger partial charge < -0.3 is 9.85 Å². The first kappa shape index (κ1) is 22.9. The fraction of sp³-hybridized carbons (Fsp3) is 1.00. The molecule has 140 valence electrons. The molecule has 0 heterocycles. The van der Waals surface area contributed by atoms with Crippen LogP contribution in [0.2, 0.25) is 0 Å². The van der Waals surface area contributed by atoms with Gasteiger partial charge >= 0.3 is 0 Å². The molecule has 0 fully saturated rings. The molecule has 0 radical (unpaired) electrons. The zero-order valence-corrected chi connectivity index (χ0v) is 16.6. The molecule has 0 bridgehead atoms. The van der Waals surface area contributed by atoms with Crippen molar-refractivity contribution >= 4 is 0 Å². The molecule has 0 aromatic heterocycles. The molecule has 1 unspecified atom stereocenters. The normalized spacial score (nSPS) is 14.1. The van der Waals surface area contributed by atoms with Crippen molar-refractivity contribution in [2.24, 2.45) is 0 Å². The van der Waals surface area contributed by atoms with Crippen molar-refractivity contribution in [3.05, 3.63) is 5.21 Å². The maximum Gasteiger partial charge on any atom is 0.0781 e. The fourth-order valence-electron chi connectivity index (χ4n) is 3.27. The van der Waals surface area contributed by atoms with Gasteiger partial charge in [0, 0.05) is 0 Å². The second kappa shape index (κ2) is 16.8. The number of rotatable bonds is 18. The summed E-state index contributed by atoms with van der Waals surface area (Å²) < 4.78 is -0.00913. The summed E-state index contributed by atoms with van der Waals surface area (Å²) in [5, 5.41) is 12.4. The van der Waals surface area contributed by atoms with E-state index in [-0.39, 0.29) is 4.65 Å². The minimum absolute atomic E-state index is 0.00913. The first-order chi connectivity index (χ1) is 11.1. The van der Waals surface area contributed by atoms with Crippen LogP contribution in [0.4, 0.5) is 0 Å². The average molecular weight is 328 g/mol. The first-order valence-electron chi connectivity index (χ1n) is 10.7. The van der Waals surface area contributed by atoms with Gasteiger partial charge in [-0.25, -0.2) is 0 Å². The molecule has 2 heteroatoms. The van der Waals surface area contributed by atoms with Gasteiger partial charge in [-0.05, 0) is 25.7 Å². The number of nitrogens with zero attached hydrogens (tertiary/aromatic N) is 1. The molecule has 0 rings (SSSR count). The molecule has 0 aromatic rings. The molecule has 2 nitrogen and oxygen atoms in total. The molecule has 0 amide bonds. The van der Waals surface area contributed by atoms with Crippen molar-refractivity contribution in [3.8, 4) is 0 Å². The monoisotopic (exact) mass is 327 g/mol. The number of unbranched alkanes of at least 4 members (excludes halogenated alkanes) is 14. The van der Waals surface area contributed by atoms with E-state index in [1.807, 2.05) is 7.05 Å². The Labute approximate surface area is 147 Å². The van der Waals surface area contributed by atoms with Crippen LogP contribution in [0.1, 0.15) is 117 Å². The standard InChI is InChI=1S/C21H45NO/c1-4-6-8-10-12-13-14-15-17-19-21-22(3,23)20-18-16-11-9-7-5-2/h4-21H2,1-3H3. The van der Waals surface area contributed by atoms with Crippen LogP contribution >= 0.6 is 0 Å². The van der Waals surface area contributed by atoms with Crippen LogP contribution in [0.15, 0.2) is 0 Å². The molecule has 23 heavy (non-hydrogen) atoms. The van der Waals surface area contributed by atoms with E-state index in [4.69, 9.17) is 0 Å². The smallest absolute Gasteiger partial charge is 0.0781 e. The summed E-state index contributed by atoms with van der Waals surface area (Å²) in [6.07, 6.45) is 21.1. The van der Waals surface area contributed by atoms with Crippen molar-refractivity contribution in [1.82, 2.24) is 0 Å². The topological polar surface area (TPSA) is 23.1 Å². The Balaban J connectivity index is 3.31. The van der Waals surface area contributed by atoms with Crippen molar-refractivity contribution in [2.75, 3.05) is 20.1 Å². The molecule has 0 saturated heterocycles. The second-order valence-electron chi connectivity index (χ2n) is 7.69. The van der Waals surface area contributed by atoms with Crippen molar-refractivity contribution in [1.29, 1.82) is 0 Å². The number of quaternary nitrogens is 1. The molecule has 0 aliphatic heterocycles. The highest BCUT2D eigenvalue weighted by Gasteiger charge is 2.09. The SMILES string of the molecule is CCCCCCCCCCCC[N+](C)([O-])CCCCCCCC. The van der Waals surface area contributed by atoms with Gasteiger partial charge in [0.1, 0.15) is 0 Å². The van der Waals surface area contributed by atoms with Crippen molar-refractivity contribution in [2.45, 2.75) is 117 Å². The molecule has 0 aliphatic rings. The Kier molecular flexibility index (Phi) is 16.7. The molecule has 0 saturated carbocycles. The van der Waals surface area contributed by atoms with E-state index >= 15 is 0 Å². The largest absolute Gasteiger partial charge is 0.633 e. The van der Waals surface area contributed by atoms with Gasteiger partial charge in [-0.15, -0.1) is 0 Å². The minimum Gasteiger partial charge on any atom is -0.633 e. The second-order valence-corrected chi connectivity index (χ2v) is 7.69. The summed E-state index contributed by atoms with van der Waals surface area (Å²) in [6.45, 7) is 6.17. The third-order valence-corrected chi connectivity index (χ3v) is 4.97. The third-order valence-electron chi connectivity index (χ3n) is 4.97. The molecule has 0 N–H and O–H groups in total. The van der Waals surface area contributed by atoms with Crippen LogP contribution < -0.4 is 0 Å². The molecule has 0 aliphatic carbocycles. The number of hydroxylamine groups is 3. The Morgan fingerprint density at radius 3 is 1.04 bits per heavy atom. The van der Waals surface area contributed by atoms with Crippen molar-refractivity contribution in [3.63, 3.8) is 0 Å². The maximum absolute atomic E-state index is 12.4. The zero-order chi connectivity index (χ0) is 17.2. The lowest BCUT2D eigenvalue weighted by Crippen LogP contribution is -2.39. The predicted octanol–water partition coefficient (Wildman–Crippen LogP) is 7.21. The highest BCUT2D eigenvalue weighted by molar-refractivity contribution is 4.49. The van der Waals surface area contributed by atoms with E-state index in [1.54, 1.807) is 0 Å². The van der Waals surface area contributed by atoms with Gasteiger partial charge in [0.2, 0.25) is 0 Å². The van der Waals surface area contributed by atoms with E-state index in [0.717, 1.165) is 25.9 Å². The van der Waals surface area contributed by atoms with Gasteiger partial charge in [-0.1, -0.05) is 90.9 Å². The quantitative estimate of drug-likeness (QED) is 0.148. The fourth-order valence-corrected chi connectivity index (χ4v) is 3.27. The predicted molar refractivity (Wildman–Crippen MR) is 105 cm³/mol. The van der Waals surface area contributed by atoms with Crippen LogP contribution in [0.25, 0.3) is 0 Å². The third kappa shape index (κ3) is 18.1. The summed E-state index contributed by atoms with van der Waals surface area (Å²) in [5.74, 6) is 0. The number of hydrogen-bond donors (Lipinski definition) is 0. The first-order valence-corrected chi connectivity index (χ1v) is 10.7. The Bertz CT molecular complexity index is 228. The van der Waals surface area contributed by atoms with Crippen LogP contribution in [0.5, 0.6) is 0 Å². The zero-order valence-electron chi connectivity index (χ0n) is 16.6. The van der Waals surface area contributed by atoms with Gasteiger partial charge in [0.25, 0.3) is 0 Å². The van der Waals surface area contributed by atoms with E-state index in [2.05, 4.69) is 13.8 Å². The molecule has 0 spiro atoms. The molecule has 0 aromatic carbocycles. The van der Waals surface area contributed by atoms with Crippen molar-refractivity contribution < 1.29 is 4.65 Å². The van der Waals surface area contributed by atoms with E-state index in [9.17, 15) is 5.21 Å². The van der Waals surface area contributed by atoms with Gasteiger partial charge in [-0.3, -0.25) is 0 Å². The molecule has 1 atom stereocenters. The van der Waals surface area contributed by atoms with E-state index < -0.39 is 0 Å². The maximum atomic E-state index is 12.4. The van der Waals surface area contributed by atoms with Crippen LogP contribution in [0.3, 0.4) is 0 Å². The van der Waals surface area contributed by atoms with Crippen LogP contribution in [-0.4, -0.2) is 24.8 Å². The minimum atomic E-state index is -0.00913. The van der Waals surface area contributed by atoms with E-state index in [1.165, 1.54) is 89.9 Å². The lowest BCUT2D eigenvalue weighted by Gasteiger charge is -2.39. The molecular formula is C21H45NO.